The Morgan fingerprint density at radius 2 is 1.76 bits per heavy atom. The summed E-state index contributed by atoms with van der Waals surface area (Å²) in [5.41, 5.74) is 3.16. The molecule has 5 aromatic rings. The number of imidazole rings is 1. The van der Waals surface area contributed by atoms with Gasteiger partial charge >= 0.3 is 0 Å². The molecule has 38 heavy (non-hydrogen) atoms. The van der Waals surface area contributed by atoms with Crippen LogP contribution in [0.2, 0.25) is 0 Å². The molecule has 1 aliphatic rings. The Labute approximate surface area is 218 Å². The lowest BCUT2D eigenvalue weighted by molar-refractivity contribution is 0.589. The molecule has 1 fully saturated rings. The van der Waals surface area contributed by atoms with E-state index in [4.69, 9.17) is 0 Å². The zero-order valence-corrected chi connectivity index (χ0v) is 21.5. The van der Waals surface area contributed by atoms with Crippen molar-refractivity contribution < 1.29 is 8.78 Å². The van der Waals surface area contributed by atoms with E-state index < -0.39 is 11.6 Å². The van der Waals surface area contributed by atoms with Gasteiger partial charge in [0.2, 0.25) is 5.95 Å². The lowest BCUT2D eigenvalue weighted by Gasteiger charge is -2.29. The third kappa shape index (κ3) is 4.41. The number of nitrogens with one attached hydrogen (secondary N) is 2. The molecule has 4 heterocycles. The molecule has 1 saturated heterocycles. The van der Waals surface area contributed by atoms with Crippen LogP contribution in [0.1, 0.15) is 25.7 Å². The van der Waals surface area contributed by atoms with E-state index >= 15 is 0 Å². The normalized spacial score (nSPS) is 14.1. The highest BCUT2D eigenvalue weighted by Gasteiger charge is 2.19. The number of hydrogen-bond donors (Lipinski definition) is 2. The van der Waals surface area contributed by atoms with Crippen molar-refractivity contribution in [3.63, 3.8) is 0 Å². The van der Waals surface area contributed by atoms with Gasteiger partial charge < -0.3 is 20.1 Å². The standard InChI is InChI=1S/C28H28F2N8/c1-16(2)38-17(3)33-27-21(29)13-19(14-24(27)38)26-22(30)15-32-28(36-26)35-25-7-4-18-12-20(5-6-23(18)34-25)37-10-8-31-9-11-37/h4-7,12-16,31H,8-11H2,1-3H3,(H,32,34,35,36). The van der Waals surface area contributed by atoms with Crippen molar-refractivity contribution in [2.75, 3.05) is 36.4 Å². The molecule has 0 bridgehead atoms. The fourth-order valence-electron chi connectivity index (χ4n) is 5.10. The molecule has 0 saturated carbocycles. The van der Waals surface area contributed by atoms with Crippen LogP contribution in [0, 0.1) is 18.6 Å². The zero-order valence-electron chi connectivity index (χ0n) is 21.5. The highest BCUT2D eigenvalue weighted by Crippen LogP contribution is 2.31. The molecule has 1 aliphatic heterocycles. The first kappa shape index (κ1) is 24.2. The summed E-state index contributed by atoms with van der Waals surface area (Å²) in [4.78, 5) is 19.9. The van der Waals surface area contributed by atoms with Gasteiger partial charge in [0.1, 0.15) is 22.9 Å². The predicted molar refractivity (Wildman–Crippen MR) is 146 cm³/mol. The number of hydrogen-bond acceptors (Lipinski definition) is 7. The maximum absolute atomic E-state index is 15.0. The van der Waals surface area contributed by atoms with Gasteiger partial charge in [-0.15, -0.1) is 0 Å². The molecule has 8 nitrogen and oxygen atoms in total. The van der Waals surface area contributed by atoms with Gasteiger partial charge in [0, 0.05) is 48.9 Å². The smallest absolute Gasteiger partial charge is 0.229 e. The Morgan fingerprint density at radius 1 is 0.947 bits per heavy atom. The zero-order chi connectivity index (χ0) is 26.4. The Balaban J connectivity index is 1.31. The van der Waals surface area contributed by atoms with Gasteiger partial charge in [-0.25, -0.2) is 28.7 Å². The third-order valence-corrected chi connectivity index (χ3v) is 6.85. The Kier molecular flexibility index (Phi) is 6.11. The molecule has 10 heteroatoms. The van der Waals surface area contributed by atoms with Crippen LogP contribution in [0.3, 0.4) is 0 Å². The quantitative estimate of drug-likeness (QED) is 0.327. The van der Waals surface area contributed by atoms with Gasteiger partial charge in [-0.05, 0) is 63.2 Å². The topological polar surface area (TPSA) is 83.8 Å². The van der Waals surface area contributed by atoms with Crippen molar-refractivity contribution >= 4 is 39.4 Å². The second kappa shape index (κ2) is 9.60. The summed E-state index contributed by atoms with van der Waals surface area (Å²) in [6, 6.07) is 13.1. The van der Waals surface area contributed by atoms with Gasteiger partial charge in [0.05, 0.1) is 17.2 Å². The first-order chi connectivity index (χ1) is 18.4. The van der Waals surface area contributed by atoms with Gasteiger partial charge in [-0.3, -0.25) is 0 Å². The third-order valence-electron chi connectivity index (χ3n) is 6.85. The van der Waals surface area contributed by atoms with Gasteiger partial charge in [0.15, 0.2) is 11.6 Å². The fourth-order valence-corrected chi connectivity index (χ4v) is 5.10. The molecule has 0 amide bonds. The summed E-state index contributed by atoms with van der Waals surface area (Å²) in [5, 5.41) is 7.46. The van der Waals surface area contributed by atoms with Crippen LogP contribution < -0.4 is 15.5 Å². The lowest BCUT2D eigenvalue weighted by Crippen LogP contribution is -2.43. The van der Waals surface area contributed by atoms with Crippen molar-refractivity contribution in [3.05, 3.63) is 66.1 Å². The van der Waals surface area contributed by atoms with Crippen LogP contribution in [0.15, 0.2) is 48.7 Å². The molecule has 0 radical (unpaired) electrons. The first-order valence-corrected chi connectivity index (χ1v) is 12.7. The van der Waals surface area contributed by atoms with E-state index in [0.717, 1.165) is 43.3 Å². The molecular formula is C28H28F2N8. The van der Waals surface area contributed by atoms with E-state index in [2.05, 4.69) is 47.6 Å². The summed E-state index contributed by atoms with van der Waals surface area (Å²) in [5.74, 6) is 0.219. The summed E-state index contributed by atoms with van der Waals surface area (Å²) < 4.78 is 31.8. The van der Waals surface area contributed by atoms with Crippen LogP contribution in [-0.4, -0.2) is 50.7 Å². The van der Waals surface area contributed by atoms with E-state index in [9.17, 15) is 8.78 Å². The highest BCUT2D eigenvalue weighted by atomic mass is 19.1. The van der Waals surface area contributed by atoms with E-state index in [-0.39, 0.29) is 23.2 Å². The average molecular weight is 515 g/mol. The largest absolute Gasteiger partial charge is 0.369 e. The second-order valence-electron chi connectivity index (χ2n) is 9.77. The van der Waals surface area contributed by atoms with E-state index in [1.54, 1.807) is 6.07 Å². The number of aryl methyl sites for hydroxylation is 1. The molecule has 2 N–H and O–H groups in total. The number of nitrogens with zero attached hydrogens (tertiary/aromatic N) is 6. The molecule has 0 atom stereocenters. The van der Waals surface area contributed by atoms with E-state index in [0.29, 0.717) is 22.7 Å². The Bertz CT molecular complexity index is 1660. The molecule has 194 valence electrons. The minimum absolute atomic E-state index is 0.00101. The van der Waals surface area contributed by atoms with Crippen molar-refractivity contribution in [3.8, 4) is 11.3 Å². The lowest BCUT2D eigenvalue weighted by atomic mass is 10.1. The maximum atomic E-state index is 15.0. The first-order valence-electron chi connectivity index (χ1n) is 12.7. The van der Waals surface area contributed by atoms with Crippen LogP contribution in [-0.2, 0) is 0 Å². The molecule has 0 spiro atoms. The predicted octanol–water partition coefficient (Wildman–Crippen LogP) is 5.36. The highest BCUT2D eigenvalue weighted by molar-refractivity contribution is 5.85. The molecular weight excluding hydrogens is 486 g/mol. The number of fused-ring (bicyclic) bond motifs is 2. The van der Waals surface area contributed by atoms with Gasteiger partial charge in [0.25, 0.3) is 0 Å². The van der Waals surface area contributed by atoms with Crippen molar-refractivity contribution in [1.29, 1.82) is 0 Å². The second-order valence-corrected chi connectivity index (χ2v) is 9.77. The molecule has 6 rings (SSSR count). The van der Waals surface area contributed by atoms with Crippen molar-refractivity contribution in [1.82, 2.24) is 29.8 Å². The molecule has 0 unspecified atom stereocenters. The van der Waals surface area contributed by atoms with Crippen LogP contribution in [0.4, 0.5) is 26.2 Å². The maximum Gasteiger partial charge on any atom is 0.229 e. The minimum atomic E-state index is -0.645. The van der Waals surface area contributed by atoms with Crippen LogP contribution in [0.5, 0.6) is 0 Å². The SMILES string of the molecule is Cc1nc2c(F)cc(-c3nc(Nc4ccc5cc(N6CCNCC6)ccc5n4)ncc3F)cc2n1C(C)C. The number of rotatable bonds is 5. The van der Waals surface area contributed by atoms with E-state index in [1.807, 2.05) is 43.5 Å². The van der Waals surface area contributed by atoms with Gasteiger partial charge in [-0.1, -0.05) is 0 Å². The van der Waals surface area contributed by atoms with Crippen molar-refractivity contribution in [2.45, 2.75) is 26.8 Å². The number of halogens is 2. The minimum Gasteiger partial charge on any atom is -0.369 e. The van der Waals surface area contributed by atoms with Gasteiger partial charge in [-0.2, -0.15) is 0 Å². The number of aromatic nitrogens is 5. The monoisotopic (exact) mass is 514 g/mol. The molecule has 3 aromatic heterocycles. The van der Waals surface area contributed by atoms with Crippen LogP contribution in [0.25, 0.3) is 33.2 Å². The number of benzene rings is 2. The van der Waals surface area contributed by atoms with Crippen molar-refractivity contribution in [2.24, 2.45) is 0 Å². The molecule has 2 aromatic carbocycles. The Morgan fingerprint density at radius 3 is 2.55 bits per heavy atom. The van der Waals surface area contributed by atoms with Crippen LogP contribution >= 0.6 is 0 Å². The summed E-state index contributed by atoms with van der Waals surface area (Å²) in [7, 11) is 0. The number of pyridine rings is 1. The van der Waals surface area contributed by atoms with E-state index in [1.165, 1.54) is 11.8 Å². The summed E-state index contributed by atoms with van der Waals surface area (Å²) >= 11 is 0. The fraction of sp³-hybridized carbons (Fsp3) is 0.286. The average Bonchev–Trinajstić information content (AvgIpc) is 3.26. The Hall–Kier alpha value is -4.18. The molecule has 0 aliphatic carbocycles. The summed E-state index contributed by atoms with van der Waals surface area (Å²) in [6.07, 6.45) is 1.08. The number of anilines is 3. The number of piperazine rings is 1. The summed E-state index contributed by atoms with van der Waals surface area (Å²) in [6.45, 7) is 9.71.